The Morgan fingerprint density at radius 1 is 0.533 bits per heavy atom. The normalized spacial score (nSPS) is 11.1. The van der Waals surface area contributed by atoms with E-state index in [1.807, 2.05) is 13.8 Å². The van der Waals surface area contributed by atoms with Gasteiger partial charge < -0.3 is 9.47 Å². The molecule has 0 aliphatic rings. The van der Waals surface area contributed by atoms with Crippen LogP contribution in [0.1, 0.15) is 129 Å². The van der Waals surface area contributed by atoms with E-state index >= 15 is 0 Å². The third-order valence-electron chi connectivity index (χ3n) is 5.10. The lowest BCUT2D eigenvalue weighted by molar-refractivity contribution is -0.144. The zero-order valence-corrected chi connectivity index (χ0v) is 19.9. The number of ether oxygens (including phenoxy) is 2. The van der Waals surface area contributed by atoms with Crippen molar-refractivity contribution in [2.24, 2.45) is 0 Å². The van der Waals surface area contributed by atoms with Crippen molar-refractivity contribution in [1.82, 2.24) is 0 Å². The van der Waals surface area contributed by atoms with Crippen LogP contribution in [0.25, 0.3) is 0 Å². The van der Waals surface area contributed by atoms with Crippen LogP contribution in [0.5, 0.6) is 0 Å². The first-order chi connectivity index (χ1) is 14.7. The molecule has 0 aromatic rings. The Bertz CT molecular complexity index is 417. The molecule has 0 aromatic carbocycles. The van der Waals surface area contributed by atoms with E-state index in [0.717, 1.165) is 44.9 Å². The minimum absolute atomic E-state index is 0.0314. The zero-order chi connectivity index (χ0) is 22.1. The summed E-state index contributed by atoms with van der Waals surface area (Å²) in [5, 5.41) is 0. The highest BCUT2D eigenvalue weighted by molar-refractivity contribution is 5.69. The van der Waals surface area contributed by atoms with Gasteiger partial charge >= 0.3 is 11.9 Å². The van der Waals surface area contributed by atoms with Crippen molar-refractivity contribution in [2.45, 2.75) is 129 Å². The first-order valence-electron chi connectivity index (χ1n) is 12.7. The number of hydrogen-bond donors (Lipinski definition) is 0. The molecule has 4 heteroatoms. The van der Waals surface area contributed by atoms with Gasteiger partial charge in [0, 0.05) is 12.8 Å². The van der Waals surface area contributed by atoms with E-state index in [0.29, 0.717) is 26.1 Å². The predicted molar refractivity (Wildman–Crippen MR) is 126 cm³/mol. The van der Waals surface area contributed by atoms with Gasteiger partial charge in [-0.1, -0.05) is 77.4 Å². The molecule has 0 atom stereocenters. The molecule has 176 valence electrons. The molecule has 0 spiro atoms. The van der Waals surface area contributed by atoms with Gasteiger partial charge in [-0.3, -0.25) is 9.59 Å². The third kappa shape index (κ3) is 23.0. The molecule has 0 aliphatic carbocycles. The Morgan fingerprint density at radius 2 is 0.867 bits per heavy atom. The topological polar surface area (TPSA) is 52.6 Å². The molecule has 0 radical (unpaired) electrons. The second-order valence-electron chi connectivity index (χ2n) is 8.23. The average Bonchev–Trinajstić information content (AvgIpc) is 2.75. The SMILES string of the molecule is CCCOC(=O)CCCC/C=C/CCCCCCCCCCCCC(=O)OCCC. The van der Waals surface area contributed by atoms with Crippen LogP contribution in [-0.4, -0.2) is 25.2 Å². The van der Waals surface area contributed by atoms with Crippen molar-refractivity contribution in [3.8, 4) is 0 Å². The maximum Gasteiger partial charge on any atom is 0.305 e. The van der Waals surface area contributed by atoms with E-state index in [9.17, 15) is 9.59 Å². The van der Waals surface area contributed by atoms with E-state index < -0.39 is 0 Å². The lowest BCUT2D eigenvalue weighted by Gasteiger charge is -2.04. The van der Waals surface area contributed by atoms with Crippen LogP contribution < -0.4 is 0 Å². The fourth-order valence-corrected chi connectivity index (χ4v) is 3.29. The fourth-order valence-electron chi connectivity index (χ4n) is 3.29. The molecule has 0 aromatic heterocycles. The predicted octanol–water partition coefficient (Wildman–Crippen LogP) is 7.69. The molecule has 0 heterocycles. The Kier molecular flexibility index (Phi) is 22.9. The van der Waals surface area contributed by atoms with E-state index in [-0.39, 0.29) is 11.9 Å². The summed E-state index contributed by atoms with van der Waals surface area (Å²) in [7, 11) is 0. The summed E-state index contributed by atoms with van der Waals surface area (Å²) in [6, 6.07) is 0. The maximum atomic E-state index is 11.4. The van der Waals surface area contributed by atoms with Gasteiger partial charge in [-0.15, -0.1) is 0 Å². The van der Waals surface area contributed by atoms with Crippen molar-refractivity contribution in [2.75, 3.05) is 13.2 Å². The molecule has 0 fully saturated rings. The monoisotopic (exact) mass is 424 g/mol. The Labute approximate surface area is 186 Å². The third-order valence-corrected chi connectivity index (χ3v) is 5.10. The van der Waals surface area contributed by atoms with Crippen molar-refractivity contribution in [3.05, 3.63) is 12.2 Å². The molecule has 0 amide bonds. The molecule has 0 saturated heterocycles. The molecule has 0 aliphatic heterocycles. The van der Waals surface area contributed by atoms with Crippen LogP contribution in [-0.2, 0) is 19.1 Å². The van der Waals surface area contributed by atoms with Crippen LogP contribution in [0.15, 0.2) is 12.2 Å². The quantitative estimate of drug-likeness (QED) is 0.101. The first-order valence-corrected chi connectivity index (χ1v) is 12.7. The van der Waals surface area contributed by atoms with Crippen molar-refractivity contribution >= 4 is 11.9 Å². The lowest BCUT2D eigenvalue weighted by atomic mass is 10.0. The Hall–Kier alpha value is -1.32. The van der Waals surface area contributed by atoms with Crippen LogP contribution in [0.4, 0.5) is 0 Å². The molecule has 30 heavy (non-hydrogen) atoms. The number of carbonyl (C=O) groups is 2. The first kappa shape index (κ1) is 28.7. The van der Waals surface area contributed by atoms with Gasteiger partial charge in [-0.05, 0) is 51.4 Å². The van der Waals surface area contributed by atoms with Gasteiger partial charge in [0.1, 0.15) is 0 Å². The van der Waals surface area contributed by atoms with Gasteiger partial charge in [0.15, 0.2) is 0 Å². The summed E-state index contributed by atoms with van der Waals surface area (Å²) in [5.74, 6) is -0.0821. The molecule has 0 bridgehead atoms. The van der Waals surface area contributed by atoms with Crippen molar-refractivity contribution in [3.63, 3.8) is 0 Å². The van der Waals surface area contributed by atoms with Crippen LogP contribution in [0.3, 0.4) is 0 Å². The van der Waals surface area contributed by atoms with Gasteiger partial charge in [0.05, 0.1) is 13.2 Å². The van der Waals surface area contributed by atoms with Gasteiger partial charge in [-0.2, -0.15) is 0 Å². The number of hydrogen-bond acceptors (Lipinski definition) is 4. The molecule has 0 N–H and O–H groups in total. The number of allylic oxidation sites excluding steroid dienone is 2. The summed E-state index contributed by atoms with van der Waals surface area (Å²) in [6.45, 7) is 5.15. The highest BCUT2D eigenvalue weighted by Gasteiger charge is 2.02. The Morgan fingerprint density at radius 3 is 1.30 bits per heavy atom. The lowest BCUT2D eigenvalue weighted by Crippen LogP contribution is -2.04. The Balaban J connectivity index is 3.19. The molecular weight excluding hydrogens is 376 g/mol. The molecular formula is C26H48O4. The standard InChI is InChI=1S/C26H48O4/c1-3-23-29-25(27)21-19-17-15-13-11-9-7-5-6-8-10-12-14-16-18-20-22-26(28)30-24-4-2/h11,13H,3-10,12,14-24H2,1-2H3/b13-11+. The second kappa shape index (κ2) is 24.0. The maximum absolute atomic E-state index is 11.4. The van der Waals surface area contributed by atoms with E-state index in [1.165, 1.54) is 57.8 Å². The van der Waals surface area contributed by atoms with E-state index in [4.69, 9.17) is 9.47 Å². The van der Waals surface area contributed by atoms with Crippen molar-refractivity contribution < 1.29 is 19.1 Å². The number of unbranched alkanes of at least 4 members (excludes halogenated alkanes) is 12. The zero-order valence-electron chi connectivity index (χ0n) is 19.9. The van der Waals surface area contributed by atoms with Gasteiger partial charge in [-0.25, -0.2) is 0 Å². The average molecular weight is 425 g/mol. The van der Waals surface area contributed by atoms with E-state index in [2.05, 4.69) is 12.2 Å². The van der Waals surface area contributed by atoms with Gasteiger partial charge in [0.2, 0.25) is 0 Å². The highest BCUT2D eigenvalue weighted by Crippen LogP contribution is 2.12. The van der Waals surface area contributed by atoms with E-state index in [1.54, 1.807) is 0 Å². The highest BCUT2D eigenvalue weighted by atomic mass is 16.5. The van der Waals surface area contributed by atoms with Crippen molar-refractivity contribution in [1.29, 1.82) is 0 Å². The van der Waals surface area contributed by atoms with Crippen LogP contribution in [0, 0.1) is 0 Å². The molecule has 0 saturated carbocycles. The minimum Gasteiger partial charge on any atom is -0.466 e. The summed E-state index contributed by atoms with van der Waals surface area (Å²) in [6.07, 6.45) is 24.4. The fraction of sp³-hybridized carbons (Fsp3) is 0.846. The second-order valence-corrected chi connectivity index (χ2v) is 8.23. The largest absolute Gasteiger partial charge is 0.466 e. The minimum atomic E-state index is -0.0507. The van der Waals surface area contributed by atoms with Crippen LogP contribution in [0.2, 0.25) is 0 Å². The smallest absolute Gasteiger partial charge is 0.305 e. The summed E-state index contributed by atoms with van der Waals surface area (Å²) >= 11 is 0. The summed E-state index contributed by atoms with van der Waals surface area (Å²) in [4.78, 5) is 22.7. The number of carbonyl (C=O) groups excluding carboxylic acids is 2. The summed E-state index contributed by atoms with van der Waals surface area (Å²) < 4.78 is 10.1. The summed E-state index contributed by atoms with van der Waals surface area (Å²) in [5.41, 5.74) is 0. The van der Waals surface area contributed by atoms with Crippen LogP contribution >= 0.6 is 0 Å². The molecule has 4 nitrogen and oxygen atoms in total. The molecule has 0 rings (SSSR count). The molecule has 0 unspecified atom stereocenters. The number of esters is 2. The van der Waals surface area contributed by atoms with Gasteiger partial charge in [0.25, 0.3) is 0 Å². The number of rotatable bonds is 22.